The third-order valence-electron chi connectivity index (χ3n) is 4.30. The van der Waals surface area contributed by atoms with Crippen LogP contribution in [0.25, 0.3) is 33.5 Å². The zero-order valence-electron chi connectivity index (χ0n) is 14.9. The van der Waals surface area contributed by atoms with Crippen LogP contribution >= 0.6 is 15.9 Å². The second kappa shape index (κ2) is 6.92. The highest BCUT2D eigenvalue weighted by Crippen LogP contribution is 2.34. The van der Waals surface area contributed by atoms with E-state index in [1.165, 1.54) is 6.33 Å². The van der Waals surface area contributed by atoms with Gasteiger partial charge in [-0.15, -0.1) is 0 Å². The predicted molar refractivity (Wildman–Crippen MR) is 112 cm³/mol. The summed E-state index contributed by atoms with van der Waals surface area (Å²) in [5.74, 6) is 0.407. The van der Waals surface area contributed by atoms with Gasteiger partial charge in [0.1, 0.15) is 12.1 Å². The van der Waals surface area contributed by atoms with Crippen molar-refractivity contribution in [3.05, 3.63) is 59.5 Å². The molecule has 0 radical (unpaired) electrons. The molecule has 134 valence electrons. The summed E-state index contributed by atoms with van der Waals surface area (Å²) >= 11 is 3.53. The van der Waals surface area contributed by atoms with Gasteiger partial charge in [-0.2, -0.15) is 0 Å². The van der Waals surface area contributed by atoms with Gasteiger partial charge in [-0.05, 0) is 41.5 Å². The van der Waals surface area contributed by atoms with E-state index >= 15 is 0 Å². The van der Waals surface area contributed by atoms with E-state index in [1.807, 2.05) is 67.7 Å². The molecule has 6 nitrogen and oxygen atoms in total. The van der Waals surface area contributed by atoms with Crippen LogP contribution in [0.3, 0.4) is 0 Å². The lowest BCUT2D eigenvalue weighted by molar-refractivity contribution is 1.11. The Kier molecular flexibility index (Phi) is 4.45. The van der Waals surface area contributed by atoms with Crippen molar-refractivity contribution >= 4 is 38.5 Å². The van der Waals surface area contributed by atoms with Crippen molar-refractivity contribution in [2.24, 2.45) is 0 Å². The van der Waals surface area contributed by atoms with E-state index in [4.69, 9.17) is 5.73 Å². The van der Waals surface area contributed by atoms with Crippen molar-refractivity contribution in [2.75, 3.05) is 24.7 Å². The number of nitrogens with two attached hydrogens (primary N) is 1. The molecule has 0 atom stereocenters. The smallest absolute Gasteiger partial charge is 0.165 e. The molecule has 0 aliphatic rings. The number of hydrogen-bond donors (Lipinski definition) is 1. The Labute approximate surface area is 165 Å². The molecular formula is C20H17BrN6. The first-order valence-corrected chi connectivity index (χ1v) is 9.13. The minimum atomic E-state index is 0.407. The van der Waals surface area contributed by atoms with Crippen LogP contribution in [0, 0.1) is 0 Å². The van der Waals surface area contributed by atoms with Gasteiger partial charge in [0, 0.05) is 18.6 Å². The molecule has 0 amide bonds. The van der Waals surface area contributed by atoms with Gasteiger partial charge >= 0.3 is 0 Å². The highest BCUT2D eigenvalue weighted by Gasteiger charge is 2.14. The largest absolute Gasteiger partial charge is 0.383 e. The van der Waals surface area contributed by atoms with E-state index in [1.54, 1.807) is 0 Å². The van der Waals surface area contributed by atoms with Crippen LogP contribution in [-0.2, 0) is 0 Å². The average Bonchev–Trinajstić information content (AvgIpc) is 2.67. The summed E-state index contributed by atoms with van der Waals surface area (Å²) in [6.07, 6.45) is 3.26. The van der Waals surface area contributed by atoms with Gasteiger partial charge in [-0.3, -0.25) is 4.98 Å². The Morgan fingerprint density at radius 3 is 2.52 bits per heavy atom. The van der Waals surface area contributed by atoms with Crippen LogP contribution in [0.1, 0.15) is 0 Å². The molecule has 0 saturated heterocycles. The second-order valence-corrected chi connectivity index (χ2v) is 7.23. The van der Waals surface area contributed by atoms with Crippen LogP contribution in [-0.4, -0.2) is 34.0 Å². The molecule has 4 rings (SSSR count). The molecule has 1 aromatic carbocycles. The first-order valence-electron chi connectivity index (χ1n) is 8.34. The van der Waals surface area contributed by atoms with Crippen molar-refractivity contribution in [2.45, 2.75) is 0 Å². The van der Waals surface area contributed by atoms with Gasteiger partial charge in [0.05, 0.1) is 28.7 Å². The minimum Gasteiger partial charge on any atom is -0.383 e. The van der Waals surface area contributed by atoms with Crippen molar-refractivity contribution in [1.29, 1.82) is 0 Å². The fraction of sp³-hybridized carbons (Fsp3) is 0.100. The molecule has 0 spiro atoms. The molecule has 3 heterocycles. The van der Waals surface area contributed by atoms with E-state index in [9.17, 15) is 0 Å². The maximum absolute atomic E-state index is 6.15. The number of aromatic nitrogens is 4. The van der Waals surface area contributed by atoms with Crippen molar-refractivity contribution in [3.63, 3.8) is 0 Å². The molecule has 2 N–H and O–H groups in total. The van der Waals surface area contributed by atoms with Crippen molar-refractivity contribution in [1.82, 2.24) is 19.9 Å². The van der Waals surface area contributed by atoms with Crippen LogP contribution in [0.15, 0.2) is 59.5 Å². The number of nitrogens with zero attached hydrogens (tertiary/aromatic N) is 5. The van der Waals surface area contributed by atoms with Crippen molar-refractivity contribution in [3.8, 4) is 22.5 Å². The lowest BCUT2D eigenvalue weighted by atomic mass is 10.0. The number of hydrogen-bond acceptors (Lipinski definition) is 6. The number of fused-ring (bicyclic) bond motifs is 1. The summed E-state index contributed by atoms with van der Waals surface area (Å²) < 4.78 is 0.982. The molecule has 0 aliphatic carbocycles. The molecule has 0 fully saturated rings. The number of benzene rings is 1. The van der Waals surface area contributed by atoms with Gasteiger partial charge in [0.25, 0.3) is 0 Å². The summed E-state index contributed by atoms with van der Waals surface area (Å²) in [5.41, 5.74) is 11.2. The molecule has 0 saturated carbocycles. The maximum atomic E-state index is 6.15. The zero-order chi connectivity index (χ0) is 19.0. The first-order chi connectivity index (χ1) is 13.0. The Bertz CT molecular complexity index is 1130. The number of anilines is 2. The fourth-order valence-electron chi connectivity index (χ4n) is 2.90. The minimum absolute atomic E-state index is 0.407. The van der Waals surface area contributed by atoms with E-state index in [0.29, 0.717) is 11.5 Å². The Balaban J connectivity index is 1.95. The van der Waals surface area contributed by atoms with E-state index in [-0.39, 0.29) is 0 Å². The van der Waals surface area contributed by atoms with Crippen molar-refractivity contribution < 1.29 is 0 Å². The molecule has 0 unspecified atom stereocenters. The van der Waals surface area contributed by atoms with E-state index in [2.05, 4.69) is 35.9 Å². The van der Waals surface area contributed by atoms with E-state index in [0.717, 1.165) is 38.1 Å². The van der Waals surface area contributed by atoms with Crippen LogP contribution in [0.5, 0.6) is 0 Å². The first kappa shape index (κ1) is 17.4. The normalized spacial score (nSPS) is 10.9. The summed E-state index contributed by atoms with van der Waals surface area (Å²) in [6, 6.07) is 14.0. The van der Waals surface area contributed by atoms with Gasteiger partial charge in [-0.1, -0.05) is 28.1 Å². The van der Waals surface area contributed by atoms with E-state index < -0.39 is 0 Å². The molecule has 7 heteroatoms. The predicted octanol–water partition coefficient (Wildman–Crippen LogP) is 4.16. The molecule has 0 bridgehead atoms. The average molecular weight is 421 g/mol. The van der Waals surface area contributed by atoms with Gasteiger partial charge in [0.2, 0.25) is 0 Å². The molecule has 0 aliphatic heterocycles. The maximum Gasteiger partial charge on any atom is 0.165 e. The Morgan fingerprint density at radius 2 is 1.81 bits per heavy atom. The molecule has 27 heavy (non-hydrogen) atoms. The van der Waals surface area contributed by atoms with Crippen LogP contribution < -0.4 is 10.6 Å². The summed E-state index contributed by atoms with van der Waals surface area (Å²) in [5, 5.41) is 0.740. The lowest BCUT2D eigenvalue weighted by Gasteiger charge is -2.13. The lowest BCUT2D eigenvalue weighted by Crippen LogP contribution is -2.08. The third kappa shape index (κ3) is 3.33. The quantitative estimate of drug-likeness (QED) is 0.535. The van der Waals surface area contributed by atoms with Crippen LogP contribution in [0.4, 0.5) is 11.5 Å². The highest BCUT2D eigenvalue weighted by atomic mass is 79.9. The fourth-order valence-corrected chi connectivity index (χ4v) is 3.30. The summed E-state index contributed by atoms with van der Waals surface area (Å²) in [6.45, 7) is 0. The third-order valence-corrected chi connectivity index (χ3v) is 4.79. The summed E-state index contributed by atoms with van der Waals surface area (Å²) in [4.78, 5) is 19.7. The highest BCUT2D eigenvalue weighted by molar-refractivity contribution is 9.10. The second-order valence-electron chi connectivity index (χ2n) is 6.32. The summed E-state index contributed by atoms with van der Waals surface area (Å²) in [7, 11) is 3.96. The zero-order valence-corrected chi connectivity index (χ0v) is 16.5. The van der Waals surface area contributed by atoms with Crippen LogP contribution in [0.2, 0.25) is 0 Å². The SMILES string of the molecule is CN(C)c1ccc(-c2cc(-c3cccc(Br)c3)c3c(N)ncnc3n2)nc1. The number of halogens is 1. The monoisotopic (exact) mass is 420 g/mol. The Morgan fingerprint density at radius 1 is 0.963 bits per heavy atom. The number of nitrogen functional groups attached to an aromatic ring is 1. The topological polar surface area (TPSA) is 80.8 Å². The van der Waals surface area contributed by atoms with Gasteiger partial charge in [-0.25, -0.2) is 15.0 Å². The van der Waals surface area contributed by atoms with Gasteiger partial charge < -0.3 is 10.6 Å². The molecule has 3 aromatic heterocycles. The molecule has 4 aromatic rings. The number of rotatable bonds is 3. The number of pyridine rings is 2. The Hall–Kier alpha value is -3.06. The molecular weight excluding hydrogens is 404 g/mol. The van der Waals surface area contributed by atoms with Gasteiger partial charge in [0.15, 0.2) is 5.65 Å². The standard InChI is InChI=1S/C20H17BrN6/c1-27(2)14-6-7-16(23-10-14)17-9-15(12-4-3-5-13(21)8-12)18-19(22)24-11-25-20(18)26-17/h3-11H,1-2H3,(H2,22,24,25,26).